The van der Waals surface area contributed by atoms with Crippen LogP contribution in [0, 0.1) is 5.82 Å². The summed E-state index contributed by atoms with van der Waals surface area (Å²) in [4.78, 5) is 28.3. The molecule has 27 heavy (non-hydrogen) atoms. The second kappa shape index (κ2) is 7.23. The van der Waals surface area contributed by atoms with Crippen molar-refractivity contribution in [2.75, 3.05) is 23.3 Å². The zero-order valence-corrected chi connectivity index (χ0v) is 14.8. The number of halogens is 1. The molecule has 1 saturated heterocycles. The van der Waals surface area contributed by atoms with Gasteiger partial charge in [0.25, 0.3) is 11.8 Å². The van der Waals surface area contributed by atoms with Gasteiger partial charge in [-0.2, -0.15) is 0 Å². The third kappa shape index (κ3) is 3.56. The quantitative estimate of drug-likeness (QED) is 0.846. The van der Waals surface area contributed by atoms with Gasteiger partial charge in [-0.15, -0.1) is 0 Å². The van der Waals surface area contributed by atoms with Gasteiger partial charge in [-0.3, -0.25) is 9.59 Å². The van der Waals surface area contributed by atoms with E-state index in [9.17, 15) is 14.0 Å². The molecule has 0 bridgehead atoms. The monoisotopic (exact) mass is 365 g/mol. The van der Waals surface area contributed by atoms with Gasteiger partial charge < -0.3 is 10.2 Å². The molecule has 2 amide bonds. The van der Waals surface area contributed by atoms with Crippen LogP contribution in [-0.4, -0.2) is 35.8 Å². The lowest BCUT2D eigenvalue weighted by atomic mass is 10.0. The fraction of sp³-hybridized carbons (Fsp3) is 0.238. The lowest BCUT2D eigenvalue weighted by Gasteiger charge is -2.34. The van der Waals surface area contributed by atoms with E-state index >= 15 is 0 Å². The number of benzene rings is 2. The number of carbonyl (C=O) groups excluding carboxylic acids is 2. The fourth-order valence-electron chi connectivity index (χ4n) is 3.55. The Balaban J connectivity index is 1.38. The van der Waals surface area contributed by atoms with Crippen LogP contribution in [0.15, 0.2) is 66.4 Å². The summed E-state index contributed by atoms with van der Waals surface area (Å²) in [6.07, 6.45) is 3.10. The van der Waals surface area contributed by atoms with Gasteiger partial charge in [0.15, 0.2) is 0 Å². The summed E-state index contributed by atoms with van der Waals surface area (Å²) in [7, 11) is 0. The predicted octanol–water partition coefficient (Wildman–Crippen LogP) is 3.16. The Morgan fingerprint density at radius 2 is 1.59 bits per heavy atom. The second-order valence-electron chi connectivity index (χ2n) is 6.76. The predicted molar refractivity (Wildman–Crippen MR) is 102 cm³/mol. The normalized spacial score (nSPS) is 18.0. The summed E-state index contributed by atoms with van der Waals surface area (Å²) in [5.74, 6) is -0.821. The number of nitrogens with zero attached hydrogens (tertiary/aromatic N) is 2. The SMILES string of the molecule is O=C1C=C(N2CCC(Nc3ccc(F)cc3)CC2)C(=O)N1c1ccccc1. The molecule has 0 radical (unpaired) electrons. The lowest BCUT2D eigenvalue weighted by Crippen LogP contribution is -2.41. The van der Waals surface area contributed by atoms with Crippen molar-refractivity contribution in [3.8, 4) is 0 Å². The maximum Gasteiger partial charge on any atom is 0.281 e. The van der Waals surface area contributed by atoms with E-state index < -0.39 is 0 Å². The summed E-state index contributed by atoms with van der Waals surface area (Å²) in [5.41, 5.74) is 1.94. The molecule has 1 N–H and O–H groups in total. The standard InChI is InChI=1S/C21H20FN3O2/c22-15-6-8-16(9-7-15)23-17-10-12-24(13-11-17)19-14-20(26)25(21(19)27)18-4-2-1-3-5-18/h1-9,14,17,23H,10-13H2. The van der Waals surface area contributed by atoms with Crippen molar-refractivity contribution in [3.05, 3.63) is 72.2 Å². The average molecular weight is 365 g/mol. The Morgan fingerprint density at radius 1 is 0.926 bits per heavy atom. The molecule has 2 aliphatic rings. The van der Waals surface area contributed by atoms with Crippen LogP contribution in [-0.2, 0) is 9.59 Å². The maximum absolute atomic E-state index is 13.0. The molecule has 2 aliphatic heterocycles. The van der Waals surface area contributed by atoms with E-state index in [2.05, 4.69) is 5.32 Å². The van der Waals surface area contributed by atoms with Crippen molar-refractivity contribution in [2.45, 2.75) is 18.9 Å². The highest BCUT2D eigenvalue weighted by Crippen LogP contribution is 2.27. The Kier molecular flexibility index (Phi) is 4.62. The number of nitrogens with one attached hydrogen (secondary N) is 1. The van der Waals surface area contributed by atoms with Crippen molar-refractivity contribution in [3.63, 3.8) is 0 Å². The van der Waals surface area contributed by atoms with E-state index in [0.29, 0.717) is 24.5 Å². The molecule has 4 rings (SSSR count). The molecule has 1 fully saturated rings. The molecule has 2 heterocycles. The Hall–Kier alpha value is -3.15. The van der Waals surface area contributed by atoms with Crippen molar-refractivity contribution in [1.82, 2.24) is 4.90 Å². The number of rotatable bonds is 4. The summed E-state index contributed by atoms with van der Waals surface area (Å²) in [6.45, 7) is 1.37. The van der Waals surface area contributed by atoms with Gasteiger partial charge in [0.2, 0.25) is 0 Å². The number of imide groups is 1. The number of amides is 2. The molecule has 0 unspecified atom stereocenters. The first-order valence-corrected chi connectivity index (χ1v) is 9.04. The number of hydrogen-bond donors (Lipinski definition) is 1. The fourth-order valence-corrected chi connectivity index (χ4v) is 3.55. The molecule has 5 nitrogen and oxygen atoms in total. The summed E-state index contributed by atoms with van der Waals surface area (Å²) < 4.78 is 13.0. The first-order chi connectivity index (χ1) is 13.1. The smallest absolute Gasteiger partial charge is 0.281 e. The van der Waals surface area contributed by atoms with Gasteiger partial charge in [-0.05, 0) is 49.2 Å². The van der Waals surface area contributed by atoms with Gasteiger partial charge in [0.05, 0.1) is 5.69 Å². The van der Waals surface area contributed by atoms with E-state index in [-0.39, 0.29) is 23.7 Å². The van der Waals surface area contributed by atoms with Crippen LogP contribution in [0.5, 0.6) is 0 Å². The van der Waals surface area contributed by atoms with E-state index in [0.717, 1.165) is 18.5 Å². The molecule has 0 atom stereocenters. The van der Waals surface area contributed by atoms with Gasteiger partial charge >= 0.3 is 0 Å². The van der Waals surface area contributed by atoms with Crippen molar-refractivity contribution < 1.29 is 14.0 Å². The van der Waals surface area contributed by atoms with E-state index in [1.807, 2.05) is 11.0 Å². The minimum absolute atomic E-state index is 0.254. The summed E-state index contributed by atoms with van der Waals surface area (Å²) >= 11 is 0. The highest BCUT2D eigenvalue weighted by Gasteiger charge is 2.36. The highest BCUT2D eigenvalue weighted by molar-refractivity contribution is 6.30. The maximum atomic E-state index is 13.0. The number of anilines is 2. The summed E-state index contributed by atoms with van der Waals surface area (Å²) in [5, 5.41) is 3.40. The van der Waals surface area contributed by atoms with Gasteiger partial charge in [-0.1, -0.05) is 18.2 Å². The summed E-state index contributed by atoms with van der Waals surface area (Å²) in [6, 6.07) is 15.5. The molecular formula is C21H20FN3O2. The molecule has 2 aromatic rings. The zero-order valence-electron chi connectivity index (χ0n) is 14.8. The van der Waals surface area contributed by atoms with E-state index in [4.69, 9.17) is 0 Å². The Morgan fingerprint density at radius 3 is 2.26 bits per heavy atom. The molecule has 0 spiro atoms. The van der Waals surface area contributed by atoms with Gasteiger partial charge in [0, 0.05) is 30.9 Å². The van der Waals surface area contributed by atoms with Crippen LogP contribution >= 0.6 is 0 Å². The minimum atomic E-state index is -0.298. The lowest BCUT2D eigenvalue weighted by molar-refractivity contribution is -0.121. The van der Waals surface area contributed by atoms with Crippen LogP contribution in [0.4, 0.5) is 15.8 Å². The molecule has 6 heteroatoms. The van der Waals surface area contributed by atoms with Crippen LogP contribution in [0.3, 0.4) is 0 Å². The minimum Gasteiger partial charge on any atom is -0.382 e. The molecular weight excluding hydrogens is 345 g/mol. The molecule has 138 valence electrons. The first kappa shape index (κ1) is 17.3. The number of hydrogen-bond acceptors (Lipinski definition) is 4. The molecule has 2 aromatic carbocycles. The van der Waals surface area contributed by atoms with Crippen molar-refractivity contribution in [1.29, 1.82) is 0 Å². The first-order valence-electron chi connectivity index (χ1n) is 9.04. The number of piperidine rings is 1. The number of likely N-dealkylation sites (tertiary alicyclic amines) is 1. The average Bonchev–Trinajstić information content (AvgIpc) is 2.99. The second-order valence-corrected chi connectivity index (χ2v) is 6.76. The Bertz CT molecular complexity index is 872. The molecule has 0 aliphatic carbocycles. The van der Waals surface area contributed by atoms with Gasteiger partial charge in [0.1, 0.15) is 11.5 Å². The van der Waals surface area contributed by atoms with Gasteiger partial charge in [-0.25, -0.2) is 9.29 Å². The van der Waals surface area contributed by atoms with Crippen LogP contribution < -0.4 is 10.2 Å². The Labute approximate surface area is 157 Å². The van der Waals surface area contributed by atoms with Crippen LogP contribution in [0.1, 0.15) is 12.8 Å². The third-order valence-corrected chi connectivity index (χ3v) is 4.97. The number of para-hydroxylation sites is 1. The zero-order chi connectivity index (χ0) is 18.8. The topological polar surface area (TPSA) is 52.7 Å². The molecule has 0 saturated carbocycles. The van der Waals surface area contributed by atoms with E-state index in [1.54, 1.807) is 36.4 Å². The highest BCUT2D eigenvalue weighted by atomic mass is 19.1. The van der Waals surface area contributed by atoms with Crippen LogP contribution in [0.2, 0.25) is 0 Å². The molecule has 0 aromatic heterocycles. The van der Waals surface area contributed by atoms with E-state index in [1.165, 1.54) is 23.1 Å². The third-order valence-electron chi connectivity index (χ3n) is 4.97. The largest absolute Gasteiger partial charge is 0.382 e. The number of carbonyl (C=O) groups is 2. The van der Waals surface area contributed by atoms with Crippen molar-refractivity contribution >= 4 is 23.2 Å². The van der Waals surface area contributed by atoms with Crippen molar-refractivity contribution in [2.24, 2.45) is 0 Å². The van der Waals surface area contributed by atoms with Crippen LogP contribution in [0.25, 0.3) is 0 Å².